The number of aromatic carboxylic acids is 1. The van der Waals surface area contributed by atoms with Crippen LogP contribution in [0.2, 0.25) is 0 Å². The van der Waals surface area contributed by atoms with Crippen LogP contribution in [-0.2, 0) is 33.0 Å². The molecule has 13 heteroatoms. The molecule has 1 N–H and O–H groups in total. The van der Waals surface area contributed by atoms with Gasteiger partial charge in [-0.15, -0.1) is 0 Å². The standard InChI is InChI=1S/C21H22F3NO7S2/c1-3-13-5-9-18-14(11-13)6-7-15(4-2)25(18)33(28,29)16-8-10-19(17(12-16)20(26)27)32-34(30,31)21(22,23)24/h5,8-12,15H,3-4,6-7H2,1-2H3,(H,26,27). The molecule has 1 aliphatic heterocycles. The second-order valence-electron chi connectivity index (χ2n) is 7.66. The number of alkyl halides is 3. The Morgan fingerprint density at radius 1 is 1.12 bits per heavy atom. The third-order valence-electron chi connectivity index (χ3n) is 5.56. The summed E-state index contributed by atoms with van der Waals surface area (Å²) in [6, 6.07) is 6.96. The van der Waals surface area contributed by atoms with Crippen LogP contribution in [0.15, 0.2) is 41.3 Å². The number of carboxylic acids is 1. The molecule has 34 heavy (non-hydrogen) atoms. The normalized spacial score (nSPS) is 16.7. The Kier molecular flexibility index (Phi) is 6.91. The molecule has 0 amide bonds. The molecule has 2 aromatic carbocycles. The summed E-state index contributed by atoms with van der Waals surface area (Å²) in [5.74, 6) is -3.01. The Morgan fingerprint density at radius 2 is 1.79 bits per heavy atom. The Labute approximate surface area is 195 Å². The van der Waals surface area contributed by atoms with Gasteiger partial charge in [-0.3, -0.25) is 4.31 Å². The first-order valence-electron chi connectivity index (χ1n) is 10.3. The van der Waals surface area contributed by atoms with E-state index >= 15 is 0 Å². The minimum Gasteiger partial charge on any atom is -0.478 e. The molecule has 1 unspecified atom stereocenters. The minimum absolute atomic E-state index is 0.431. The molecule has 0 saturated carbocycles. The SMILES string of the molecule is CCc1ccc2c(c1)CCC(CC)N2S(=O)(=O)c1ccc(OS(=O)(=O)C(F)(F)F)c(C(=O)O)c1. The average Bonchev–Trinajstić information content (AvgIpc) is 2.76. The van der Waals surface area contributed by atoms with Gasteiger partial charge in [0.2, 0.25) is 0 Å². The van der Waals surface area contributed by atoms with E-state index < -0.39 is 53.9 Å². The summed E-state index contributed by atoms with van der Waals surface area (Å²) in [6.07, 6.45) is 2.38. The van der Waals surface area contributed by atoms with Gasteiger partial charge in [-0.05, 0) is 61.1 Å². The number of benzene rings is 2. The molecule has 3 rings (SSSR count). The van der Waals surface area contributed by atoms with E-state index in [-0.39, 0.29) is 0 Å². The highest BCUT2D eigenvalue weighted by atomic mass is 32.2. The number of carbonyl (C=O) groups is 1. The van der Waals surface area contributed by atoms with E-state index in [2.05, 4.69) is 4.18 Å². The fourth-order valence-electron chi connectivity index (χ4n) is 3.79. The van der Waals surface area contributed by atoms with Crippen LogP contribution in [0.1, 0.15) is 48.2 Å². The van der Waals surface area contributed by atoms with Crippen molar-refractivity contribution in [3.05, 3.63) is 53.1 Å². The maximum Gasteiger partial charge on any atom is 0.534 e. The molecule has 0 radical (unpaired) electrons. The molecule has 0 fully saturated rings. The number of rotatable bonds is 7. The van der Waals surface area contributed by atoms with Crippen molar-refractivity contribution in [2.75, 3.05) is 4.31 Å². The highest BCUT2D eigenvalue weighted by Gasteiger charge is 2.49. The number of anilines is 1. The number of halogens is 3. The van der Waals surface area contributed by atoms with Gasteiger partial charge >= 0.3 is 21.6 Å². The third-order valence-corrected chi connectivity index (χ3v) is 8.39. The smallest absolute Gasteiger partial charge is 0.478 e. The minimum atomic E-state index is -6.16. The first kappa shape index (κ1) is 25.8. The molecule has 1 heterocycles. The van der Waals surface area contributed by atoms with Crippen LogP contribution in [0.4, 0.5) is 18.9 Å². The van der Waals surface area contributed by atoms with Gasteiger partial charge in [0.05, 0.1) is 10.6 Å². The maximum atomic E-state index is 13.6. The molecule has 8 nitrogen and oxygen atoms in total. The second-order valence-corrected chi connectivity index (χ2v) is 11.0. The molecule has 1 aliphatic rings. The lowest BCUT2D eigenvalue weighted by Crippen LogP contribution is -2.43. The zero-order chi connectivity index (χ0) is 25.5. The quantitative estimate of drug-likeness (QED) is 0.431. The van der Waals surface area contributed by atoms with Crippen molar-refractivity contribution in [1.82, 2.24) is 0 Å². The van der Waals surface area contributed by atoms with Gasteiger partial charge in [0.1, 0.15) is 5.56 Å². The lowest BCUT2D eigenvalue weighted by atomic mass is 9.94. The van der Waals surface area contributed by atoms with E-state index in [9.17, 15) is 39.9 Å². The third kappa shape index (κ3) is 4.71. The van der Waals surface area contributed by atoms with Gasteiger partial charge in [0.25, 0.3) is 10.0 Å². The zero-order valence-corrected chi connectivity index (χ0v) is 19.8. The zero-order valence-electron chi connectivity index (χ0n) is 18.2. The largest absolute Gasteiger partial charge is 0.534 e. The van der Waals surface area contributed by atoms with Crippen LogP contribution in [0, 0.1) is 0 Å². The molecule has 0 aromatic heterocycles. The maximum absolute atomic E-state index is 13.6. The molecule has 0 spiro atoms. The van der Waals surface area contributed by atoms with E-state index in [0.29, 0.717) is 37.1 Å². The Hall–Kier alpha value is -2.80. The van der Waals surface area contributed by atoms with Crippen LogP contribution in [-0.4, -0.2) is 39.5 Å². The number of aryl methyl sites for hydroxylation is 2. The van der Waals surface area contributed by atoms with E-state index in [1.54, 1.807) is 19.1 Å². The topological polar surface area (TPSA) is 118 Å². The van der Waals surface area contributed by atoms with Crippen molar-refractivity contribution in [2.45, 2.75) is 56.0 Å². The molecule has 0 aliphatic carbocycles. The summed E-state index contributed by atoms with van der Waals surface area (Å²) in [6.45, 7) is 3.77. The predicted octanol–water partition coefficient (Wildman–Crippen LogP) is 4.10. The van der Waals surface area contributed by atoms with Gasteiger partial charge in [0, 0.05) is 6.04 Å². The summed E-state index contributed by atoms with van der Waals surface area (Å²) >= 11 is 0. The molecule has 186 valence electrons. The van der Waals surface area contributed by atoms with Crippen molar-refractivity contribution < 1.29 is 44.1 Å². The number of carboxylic acid groups (broad SMARTS) is 1. The average molecular weight is 522 g/mol. The summed E-state index contributed by atoms with van der Waals surface area (Å²) < 4.78 is 93.0. The summed E-state index contributed by atoms with van der Waals surface area (Å²) in [5, 5.41) is 9.41. The van der Waals surface area contributed by atoms with Gasteiger partial charge < -0.3 is 9.29 Å². The van der Waals surface area contributed by atoms with Crippen molar-refractivity contribution in [2.24, 2.45) is 0 Å². The van der Waals surface area contributed by atoms with Crippen molar-refractivity contribution in [3.63, 3.8) is 0 Å². The summed E-state index contributed by atoms with van der Waals surface area (Å²) in [7, 11) is -10.5. The summed E-state index contributed by atoms with van der Waals surface area (Å²) in [5.41, 5.74) is -4.57. The Bertz CT molecular complexity index is 1320. The van der Waals surface area contributed by atoms with Gasteiger partial charge in [-0.25, -0.2) is 13.2 Å². The Balaban J connectivity index is 2.12. The van der Waals surface area contributed by atoms with E-state index in [1.807, 2.05) is 13.0 Å². The first-order chi connectivity index (χ1) is 15.7. The van der Waals surface area contributed by atoms with Crippen LogP contribution in [0.25, 0.3) is 0 Å². The lowest BCUT2D eigenvalue weighted by Gasteiger charge is -2.37. The fraction of sp³-hybridized carbons (Fsp3) is 0.381. The van der Waals surface area contributed by atoms with Crippen molar-refractivity contribution in [1.29, 1.82) is 0 Å². The number of hydrogen-bond donors (Lipinski definition) is 1. The number of sulfonamides is 1. The molecule has 2 aromatic rings. The summed E-state index contributed by atoms with van der Waals surface area (Å²) in [4.78, 5) is 11.1. The molecule has 1 atom stereocenters. The predicted molar refractivity (Wildman–Crippen MR) is 117 cm³/mol. The number of nitrogens with zero attached hydrogens (tertiary/aromatic N) is 1. The van der Waals surface area contributed by atoms with Gasteiger partial charge in [0.15, 0.2) is 5.75 Å². The monoisotopic (exact) mass is 521 g/mol. The Morgan fingerprint density at radius 3 is 2.35 bits per heavy atom. The second kappa shape index (κ2) is 9.10. The number of fused-ring (bicyclic) bond motifs is 1. The van der Waals surface area contributed by atoms with Crippen LogP contribution in [0.3, 0.4) is 0 Å². The highest BCUT2D eigenvalue weighted by Crippen LogP contribution is 2.38. The molecular weight excluding hydrogens is 499 g/mol. The van der Waals surface area contributed by atoms with Crippen LogP contribution < -0.4 is 8.49 Å². The van der Waals surface area contributed by atoms with Crippen LogP contribution in [0.5, 0.6) is 5.75 Å². The fourth-order valence-corrected chi connectivity index (χ4v) is 6.09. The van der Waals surface area contributed by atoms with Gasteiger partial charge in [-0.2, -0.15) is 21.6 Å². The van der Waals surface area contributed by atoms with E-state index in [1.165, 1.54) is 4.31 Å². The highest BCUT2D eigenvalue weighted by molar-refractivity contribution is 7.92. The number of hydrogen-bond acceptors (Lipinski definition) is 6. The van der Waals surface area contributed by atoms with E-state index in [4.69, 9.17) is 0 Å². The molecule has 0 bridgehead atoms. The lowest BCUT2D eigenvalue weighted by molar-refractivity contribution is -0.0500. The van der Waals surface area contributed by atoms with Crippen LogP contribution >= 0.6 is 0 Å². The van der Waals surface area contributed by atoms with Crippen molar-refractivity contribution >= 4 is 31.8 Å². The van der Waals surface area contributed by atoms with E-state index in [0.717, 1.165) is 23.6 Å². The molecular formula is C21H22F3NO7S2. The first-order valence-corrected chi connectivity index (χ1v) is 13.1. The van der Waals surface area contributed by atoms with Crippen molar-refractivity contribution in [3.8, 4) is 5.75 Å². The molecule has 0 saturated heterocycles. The van der Waals surface area contributed by atoms with Gasteiger partial charge in [-0.1, -0.05) is 26.0 Å².